The summed E-state index contributed by atoms with van der Waals surface area (Å²) in [7, 11) is 0. The SMILES string of the molecule is O=C(O)CC(O)C[n+]1ccc(SCC2=C(C(=O)O)N3C(=O)[C@@H](NC(=O)CSc4cc(Cl)ccc4Cl)[C@H]3SC2)cc1. The van der Waals surface area contributed by atoms with Crippen molar-refractivity contribution in [3.63, 3.8) is 0 Å². The number of benzene rings is 1. The largest absolute Gasteiger partial charge is 0.481 e. The number of nitrogens with zero attached hydrogens (tertiary/aromatic N) is 2. The van der Waals surface area contributed by atoms with Gasteiger partial charge in [0.2, 0.25) is 5.91 Å². The number of pyridine rings is 1. The van der Waals surface area contributed by atoms with Crippen LogP contribution < -0.4 is 9.88 Å². The Bertz CT molecular complexity index is 1360. The quantitative estimate of drug-likeness (QED) is 0.154. The van der Waals surface area contributed by atoms with Crippen molar-refractivity contribution in [2.75, 3.05) is 17.3 Å². The lowest BCUT2D eigenvalue weighted by atomic mass is 10.0. The van der Waals surface area contributed by atoms with Gasteiger partial charge in [0.25, 0.3) is 5.91 Å². The predicted octanol–water partition coefficient (Wildman–Crippen LogP) is 2.74. The number of carbonyl (C=O) groups is 4. The number of carboxylic acids is 2. The molecule has 1 saturated heterocycles. The first-order chi connectivity index (χ1) is 19.0. The molecular weight excluding hydrogens is 621 g/mol. The number of fused-ring (bicyclic) bond motifs is 1. The first-order valence-electron chi connectivity index (χ1n) is 11.8. The lowest BCUT2D eigenvalue weighted by Gasteiger charge is -2.49. The van der Waals surface area contributed by atoms with E-state index in [1.54, 1.807) is 47.3 Å². The number of amides is 2. The number of hydrogen-bond acceptors (Lipinski definition) is 8. The Morgan fingerprint density at radius 1 is 1.15 bits per heavy atom. The standard InChI is InChI=1S/C25H23Cl2N3O7S3/c26-14-1-2-17(27)18(7-14)39-12-19(32)28-21-23(35)30-22(25(36)37)13(11-40-24(21)30)10-38-16-3-5-29(6-4-16)9-15(31)8-20(33)34/h1-7,15,21,24,31H,8-12H2,(H2-,28,32,33,34,36,37)/p+1/t15?,21-,24-/m1/s1. The van der Waals surface area contributed by atoms with Gasteiger partial charge in [0.05, 0.1) is 17.2 Å². The van der Waals surface area contributed by atoms with Gasteiger partial charge < -0.3 is 20.6 Å². The zero-order chi connectivity index (χ0) is 29.0. The molecule has 4 rings (SSSR count). The van der Waals surface area contributed by atoms with Crippen LogP contribution in [0.1, 0.15) is 6.42 Å². The number of carboxylic acid groups (broad SMARTS) is 2. The van der Waals surface area contributed by atoms with Crippen molar-refractivity contribution in [3.05, 3.63) is 64.0 Å². The molecule has 3 heterocycles. The summed E-state index contributed by atoms with van der Waals surface area (Å²) >= 11 is 16.1. The number of aliphatic hydroxyl groups excluding tert-OH is 1. The number of halogens is 2. The number of carbonyl (C=O) groups excluding carboxylic acids is 2. The Morgan fingerprint density at radius 2 is 1.88 bits per heavy atom. The molecule has 1 fully saturated rings. The number of aromatic nitrogens is 1. The van der Waals surface area contributed by atoms with Gasteiger partial charge in [0, 0.05) is 38.5 Å². The van der Waals surface area contributed by atoms with E-state index in [0.717, 1.165) is 4.90 Å². The fraction of sp³-hybridized carbons (Fsp3) is 0.320. The second-order valence-electron chi connectivity index (χ2n) is 8.85. The third-order valence-electron chi connectivity index (χ3n) is 5.92. The van der Waals surface area contributed by atoms with Gasteiger partial charge in [-0.25, -0.2) is 9.36 Å². The third kappa shape index (κ3) is 7.45. The lowest BCUT2D eigenvalue weighted by Crippen LogP contribution is -2.70. The molecule has 0 bridgehead atoms. The molecule has 0 aliphatic carbocycles. The molecule has 15 heteroatoms. The molecule has 1 aromatic carbocycles. The number of β-lactam (4-membered cyclic amide) rings is 1. The summed E-state index contributed by atoms with van der Waals surface area (Å²) in [6, 6.07) is 7.68. The van der Waals surface area contributed by atoms with E-state index in [1.807, 2.05) is 0 Å². The second-order valence-corrected chi connectivity index (χ2v) is 12.9. The van der Waals surface area contributed by atoms with Gasteiger partial charge in [0.15, 0.2) is 18.9 Å². The van der Waals surface area contributed by atoms with Crippen molar-refractivity contribution in [1.29, 1.82) is 0 Å². The smallest absolute Gasteiger partial charge is 0.352 e. The minimum Gasteiger partial charge on any atom is -0.481 e. The molecule has 1 aromatic heterocycles. The molecule has 2 aliphatic rings. The second kappa shape index (κ2) is 13.5. The molecule has 4 N–H and O–H groups in total. The van der Waals surface area contributed by atoms with Crippen LogP contribution in [0.25, 0.3) is 0 Å². The maximum Gasteiger partial charge on any atom is 0.352 e. The first-order valence-corrected chi connectivity index (χ1v) is 15.6. The van der Waals surface area contributed by atoms with Crippen molar-refractivity contribution in [3.8, 4) is 0 Å². The van der Waals surface area contributed by atoms with E-state index >= 15 is 0 Å². The third-order valence-corrected chi connectivity index (χ3v) is 10.1. The number of nitrogens with one attached hydrogen (secondary N) is 1. The number of aliphatic hydroxyl groups is 1. The van der Waals surface area contributed by atoms with Crippen LogP contribution in [-0.2, 0) is 25.7 Å². The predicted molar refractivity (Wildman–Crippen MR) is 152 cm³/mol. The summed E-state index contributed by atoms with van der Waals surface area (Å²) in [6.07, 6.45) is 2.04. The van der Waals surface area contributed by atoms with Crippen molar-refractivity contribution < 1.29 is 39.1 Å². The summed E-state index contributed by atoms with van der Waals surface area (Å²) < 4.78 is 1.66. The molecule has 0 radical (unpaired) electrons. The van der Waals surface area contributed by atoms with Crippen LogP contribution in [0.15, 0.2) is 63.8 Å². The molecule has 1 unspecified atom stereocenters. The number of aliphatic carboxylic acids is 2. The van der Waals surface area contributed by atoms with Gasteiger partial charge in [-0.3, -0.25) is 19.3 Å². The summed E-state index contributed by atoms with van der Waals surface area (Å²) in [6.45, 7) is 0.130. The monoisotopic (exact) mass is 644 g/mol. The maximum absolute atomic E-state index is 12.9. The van der Waals surface area contributed by atoms with E-state index in [4.69, 9.17) is 28.3 Å². The van der Waals surface area contributed by atoms with Crippen LogP contribution in [-0.4, -0.2) is 78.8 Å². The molecule has 10 nitrogen and oxygen atoms in total. The Kier molecular flexibility index (Phi) is 10.3. The summed E-state index contributed by atoms with van der Waals surface area (Å²) in [5.41, 5.74) is 0.534. The summed E-state index contributed by atoms with van der Waals surface area (Å²) in [5.74, 6) is -2.40. The van der Waals surface area contributed by atoms with Crippen molar-refractivity contribution >= 4 is 82.2 Å². The molecule has 2 aliphatic heterocycles. The Labute approximate surface area is 252 Å². The van der Waals surface area contributed by atoms with Gasteiger partial charge in [-0.15, -0.1) is 35.3 Å². The Balaban J connectivity index is 1.34. The van der Waals surface area contributed by atoms with Gasteiger partial charge >= 0.3 is 11.9 Å². The van der Waals surface area contributed by atoms with E-state index in [0.29, 0.717) is 32.0 Å². The minimum atomic E-state index is -1.21. The van der Waals surface area contributed by atoms with Crippen LogP contribution in [0.4, 0.5) is 0 Å². The first kappa shape index (κ1) is 30.5. The highest BCUT2D eigenvalue weighted by Gasteiger charge is 2.54. The van der Waals surface area contributed by atoms with Gasteiger partial charge in [-0.05, 0) is 23.8 Å². The highest BCUT2D eigenvalue weighted by atomic mass is 35.5. The van der Waals surface area contributed by atoms with E-state index in [-0.39, 0.29) is 30.3 Å². The summed E-state index contributed by atoms with van der Waals surface area (Å²) in [4.78, 5) is 51.0. The van der Waals surface area contributed by atoms with Crippen LogP contribution in [0.5, 0.6) is 0 Å². The molecular formula is C25H24Cl2N3O7S3+. The van der Waals surface area contributed by atoms with Gasteiger partial charge in [-0.1, -0.05) is 23.2 Å². The average molecular weight is 646 g/mol. The molecule has 40 heavy (non-hydrogen) atoms. The van der Waals surface area contributed by atoms with Crippen LogP contribution in [0.2, 0.25) is 10.0 Å². The molecule has 0 spiro atoms. The average Bonchev–Trinajstić information content (AvgIpc) is 2.90. The number of rotatable bonds is 12. The Morgan fingerprint density at radius 3 is 2.55 bits per heavy atom. The molecule has 2 amide bonds. The van der Waals surface area contributed by atoms with Crippen LogP contribution >= 0.6 is 58.5 Å². The molecule has 0 saturated carbocycles. The van der Waals surface area contributed by atoms with E-state index in [9.17, 15) is 29.4 Å². The van der Waals surface area contributed by atoms with Crippen LogP contribution in [0, 0.1) is 0 Å². The van der Waals surface area contributed by atoms with Crippen molar-refractivity contribution in [2.45, 2.75) is 40.3 Å². The normalized spacial score (nSPS) is 19.1. The van der Waals surface area contributed by atoms with E-state index in [1.165, 1.54) is 40.2 Å². The zero-order valence-electron chi connectivity index (χ0n) is 20.7. The van der Waals surface area contributed by atoms with E-state index in [2.05, 4.69) is 5.32 Å². The van der Waals surface area contributed by atoms with Crippen molar-refractivity contribution in [1.82, 2.24) is 10.2 Å². The fourth-order valence-corrected chi connectivity index (χ4v) is 7.76. The summed E-state index contributed by atoms with van der Waals surface area (Å²) in [5, 5.41) is 31.6. The number of thioether (sulfide) groups is 3. The topological polar surface area (TPSA) is 148 Å². The molecule has 3 atom stereocenters. The van der Waals surface area contributed by atoms with Gasteiger partial charge in [-0.2, -0.15) is 0 Å². The zero-order valence-corrected chi connectivity index (χ0v) is 24.6. The Hall–Kier alpha value is -2.42. The molecule has 2 aromatic rings. The maximum atomic E-state index is 12.9. The molecule has 212 valence electrons. The van der Waals surface area contributed by atoms with Crippen molar-refractivity contribution in [2.24, 2.45) is 0 Å². The minimum absolute atomic E-state index is 0.0142. The highest BCUT2D eigenvalue weighted by Crippen LogP contribution is 2.41. The fourth-order valence-electron chi connectivity index (χ4n) is 4.08. The highest BCUT2D eigenvalue weighted by molar-refractivity contribution is 8.01. The van der Waals surface area contributed by atoms with Gasteiger partial charge in [0.1, 0.15) is 23.2 Å². The van der Waals surface area contributed by atoms with Crippen LogP contribution in [0.3, 0.4) is 0 Å². The van der Waals surface area contributed by atoms with E-state index < -0.39 is 35.4 Å². The number of hydrogen-bond donors (Lipinski definition) is 4. The lowest BCUT2D eigenvalue weighted by molar-refractivity contribution is -0.703.